The van der Waals surface area contributed by atoms with Gasteiger partial charge in [-0.25, -0.2) is 4.79 Å². The molecule has 0 bridgehead atoms. The number of carbonyl (C=O) groups is 1. The maximum atomic E-state index is 12.5. The van der Waals surface area contributed by atoms with Gasteiger partial charge >= 0.3 is 5.97 Å². The van der Waals surface area contributed by atoms with Gasteiger partial charge < -0.3 is 14.9 Å². The van der Waals surface area contributed by atoms with Crippen LogP contribution in [-0.4, -0.2) is 35.0 Å². The minimum Gasteiger partial charge on any atom is -0.458 e. The number of aliphatic hydroxyl groups excluding tert-OH is 2. The number of hydrogen-bond donors (Lipinski definition) is 2. The molecule has 0 aromatic heterocycles. The summed E-state index contributed by atoms with van der Waals surface area (Å²) >= 11 is 0. The minimum atomic E-state index is -0.485. The second kappa shape index (κ2) is 9.58. The Hall–Kier alpha value is -1.39. The maximum Gasteiger partial charge on any atom is 0.336 e. The Bertz CT molecular complexity index is 858. The van der Waals surface area contributed by atoms with E-state index in [1.807, 2.05) is 6.92 Å². The number of esters is 1. The van der Waals surface area contributed by atoms with Gasteiger partial charge in [0.25, 0.3) is 0 Å². The molecule has 0 spiro atoms. The molecule has 4 aliphatic rings. The fourth-order valence-electron chi connectivity index (χ4n) is 8.77. The lowest BCUT2D eigenvalue weighted by Gasteiger charge is -2.58. The topological polar surface area (TPSA) is 66.8 Å². The molecular formula is C30H46O4. The van der Waals surface area contributed by atoms with Crippen LogP contribution in [0.5, 0.6) is 0 Å². The van der Waals surface area contributed by atoms with Crippen molar-refractivity contribution >= 4 is 5.97 Å². The second-order valence-electron chi connectivity index (χ2n) is 12.6. The largest absolute Gasteiger partial charge is 0.458 e. The van der Waals surface area contributed by atoms with E-state index in [2.05, 4.69) is 40.0 Å². The first kappa shape index (κ1) is 25.7. The van der Waals surface area contributed by atoms with E-state index in [1.54, 1.807) is 0 Å². The molecule has 4 rings (SSSR count). The summed E-state index contributed by atoms with van der Waals surface area (Å²) < 4.78 is 5.92. The van der Waals surface area contributed by atoms with Gasteiger partial charge in [0, 0.05) is 6.42 Å². The van der Waals surface area contributed by atoms with E-state index in [0.717, 1.165) is 43.1 Å². The van der Waals surface area contributed by atoms with Crippen LogP contribution in [0.4, 0.5) is 0 Å². The first-order chi connectivity index (χ1) is 16.0. The molecule has 4 heteroatoms. The van der Waals surface area contributed by atoms with Gasteiger partial charge in [-0.05, 0) is 98.7 Å². The molecule has 2 N–H and O–H groups in total. The van der Waals surface area contributed by atoms with Gasteiger partial charge in [-0.15, -0.1) is 6.58 Å². The Morgan fingerprint density at radius 3 is 2.59 bits per heavy atom. The Kier molecular flexibility index (Phi) is 7.24. The average molecular weight is 471 g/mol. The quantitative estimate of drug-likeness (QED) is 0.272. The fourth-order valence-corrected chi connectivity index (χ4v) is 8.77. The Morgan fingerprint density at radius 1 is 1.18 bits per heavy atom. The van der Waals surface area contributed by atoms with Crippen molar-refractivity contribution in [1.29, 1.82) is 0 Å². The molecule has 0 amide bonds. The highest BCUT2D eigenvalue weighted by Crippen LogP contribution is 2.67. The summed E-state index contributed by atoms with van der Waals surface area (Å²) in [6.45, 7) is 16.6. The van der Waals surface area contributed by atoms with E-state index in [-0.39, 0.29) is 41.1 Å². The zero-order valence-electron chi connectivity index (χ0n) is 21.8. The van der Waals surface area contributed by atoms with Crippen molar-refractivity contribution in [2.75, 3.05) is 6.61 Å². The van der Waals surface area contributed by atoms with Crippen LogP contribution in [0.2, 0.25) is 0 Å². The summed E-state index contributed by atoms with van der Waals surface area (Å²) in [6, 6.07) is 0. The molecule has 0 aliphatic heterocycles. The van der Waals surface area contributed by atoms with Gasteiger partial charge in [-0.1, -0.05) is 44.6 Å². The van der Waals surface area contributed by atoms with Crippen LogP contribution in [0.15, 0.2) is 36.0 Å². The third kappa shape index (κ3) is 4.34. The van der Waals surface area contributed by atoms with Crippen molar-refractivity contribution in [3.63, 3.8) is 0 Å². The molecule has 4 aliphatic carbocycles. The summed E-state index contributed by atoms with van der Waals surface area (Å²) in [5.41, 5.74) is 3.17. The third-order valence-corrected chi connectivity index (χ3v) is 10.7. The Labute approximate surface area is 206 Å². The fraction of sp³-hybridized carbons (Fsp3) is 0.767. The van der Waals surface area contributed by atoms with Crippen LogP contribution < -0.4 is 0 Å². The highest BCUT2D eigenvalue weighted by molar-refractivity contribution is 5.88. The van der Waals surface area contributed by atoms with Gasteiger partial charge in [0.05, 0.1) is 18.3 Å². The molecule has 0 saturated heterocycles. The number of hydrogen-bond acceptors (Lipinski definition) is 4. The third-order valence-electron chi connectivity index (χ3n) is 10.7. The first-order valence-electron chi connectivity index (χ1n) is 13.5. The normalized spacial score (nSPS) is 40.8. The SMILES string of the molecule is C=C(C)C[C@@H](OC(=O)C(=C)CO)[C@@H](C)[C@H]1CC[C@H]2[C@@H]3CC=C4C[C@@H](O)CC[C@]4(C)[C@H]3CC[C@]12C. The van der Waals surface area contributed by atoms with Crippen molar-refractivity contribution in [1.82, 2.24) is 0 Å². The van der Waals surface area contributed by atoms with Crippen LogP contribution in [0.1, 0.15) is 85.5 Å². The molecule has 9 atom stereocenters. The van der Waals surface area contributed by atoms with Crippen molar-refractivity contribution < 1.29 is 19.7 Å². The van der Waals surface area contributed by atoms with E-state index < -0.39 is 5.97 Å². The molecule has 3 saturated carbocycles. The summed E-state index contributed by atoms with van der Waals surface area (Å²) in [5.74, 6) is 2.40. The zero-order valence-corrected chi connectivity index (χ0v) is 21.8. The van der Waals surface area contributed by atoms with Crippen LogP contribution in [0, 0.1) is 40.4 Å². The number of ether oxygens (including phenoxy) is 1. The van der Waals surface area contributed by atoms with E-state index in [4.69, 9.17) is 4.74 Å². The lowest BCUT2D eigenvalue weighted by Crippen LogP contribution is -2.51. The van der Waals surface area contributed by atoms with E-state index in [1.165, 1.54) is 31.3 Å². The van der Waals surface area contributed by atoms with Gasteiger partial charge in [-0.3, -0.25) is 0 Å². The van der Waals surface area contributed by atoms with Gasteiger partial charge in [-0.2, -0.15) is 0 Å². The van der Waals surface area contributed by atoms with E-state index in [0.29, 0.717) is 18.3 Å². The summed E-state index contributed by atoms with van der Waals surface area (Å²) in [7, 11) is 0. The van der Waals surface area contributed by atoms with Crippen LogP contribution in [0.3, 0.4) is 0 Å². The summed E-state index contributed by atoms with van der Waals surface area (Å²) in [4.78, 5) is 12.5. The highest BCUT2D eigenvalue weighted by Gasteiger charge is 2.59. The van der Waals surface area contributed by atoms with Gasteiger partial charge in [0.15, 0.2) is 0 Å². The molecule has 0 aromatic carbocycles. The van der Waals surface area contributed by atoms with E-state index in [9.17, 15) is 15.0 Å². The summed E-state index contributed by atoms with van der Waals surface area (Å²) in [5, 5.41) is 19.6. The Morgan fingerprint density at radius 2 is 1.91 bits per heavy atom. The molecule has 3 fully saturated rings. The molecule has 4 nitrogen and oxygen atoms in total. The number of rotatable bonds is 7. The van der Waals surface area contributed by atoms with Crippen LogP contribution in [-0.2, 0) is 9.53 Å². The van der Waals surface area contributed by atoms with Gasteiger partial charge in [0.2, 0.25) is 0 Å². The smallest absolute Gasteiger partial charge is 0.336 e. The second-order valence-corrected chi connectivity index (χ2v) is 12.6. The maximum absolute atomic E-state index is 12.5. The summed E-state index contributed by atoms with van der Waals surface area (Å²) in [6.07, 6.45) is 11.8. The first-order valence-corrected chi connectivity index (χ1v) is 13.5. The molecule has 0 heterocycles. The molecular weight excluding hydrogens is 424 g/mol. The number of aliphatic hydroxyl groups is 2. The van der Waals surface area contributed by atoms with Crippen molar-refractivity contribution in [3.8, 4) is 0 Å². The van der Waals surface area contributed by atoms with Crippen LogP contribution >= 0.6 is 0 Å². The Balaban J connectivity index is 1.55. The molecule has 190 valence electrons. The minimum absolute atomic E-state index is 0.116. The predicted octanol–water partition coefficient (Wildman–Crippen LogP) is 5.99. The van der Waals surface area contributed by atoms with Crippen molar-refractivity contribution in [2.24, 2.45) is 40.4 Å². The van der Waals surface area contributed by atoms with Crippen molar-refractivity contribution in [3.05, 3.63) is 36.0 Å². The van der Waals surface area contributed by atoms with Crippen molar-refractivity contribution in [2.45, 2.75) is 97.7 Å². The number of allylic oxidation sites excluding steroid dienone is 1. The monoisotopic (exact) mass is 470 g/mol. The highest BCUT2D eigenvalue weighted by atomic mass is 16.5. The molecule has 34 heavy (non-hydrogen) atoms. The van der Waals surface area contributed by atoms with Crippen LogP contribution in [0.25, 0.3) is 0 Å². The number of carbonyl (C=O) groups excluding carboxylic acids is 1. The molecule has 0 aromatic rings. The number of fused-ring (bicyclic) bond motifs is 5. The lowest BCUT2D eigenvalue weighted by molar-refractivity contribution is -0.150. The lowest BCUT2D eigenvalue weighted by atomic mass is 9.47. The van der Waals surface area contributed by atoms with E-state index >= 15 is 0 Å². The van der Waals surface area contributed by atoms with Gasteiger partial charge in [0.1, 0.15) is 6.10 Å². The zero-order chi connectivity index (χ0) is 24.8. The standard InChI is InChI=1S/C30H46O4/c1-18(2)15-27(34-28(33)19(3)17-31)20(4)24-9-10-25-23-8-7-21-16-22(32)11-13-29(21,5)26(23)12-14-30(24,25)6/h7,20,22-27,31-32H,1,3,8-17H2,2,4-6H3/t20-,22-,23-,24+,25-,26-,27+,29-,30+/m0/s1. The molecule has 0 unspecified atom stereocenters. The predicted molar refractivity (Wildman–Crippen MR) is 136 cm³/mol. The average Bonchev–Trinajstić information content (AvgIpc) is 3.14. The molecule has 0 radical (unpaired) electrons.